The van der Waals surface area contributed by atoms with Gasteiger partial charge in [-0.15, -0.1) is 0 Å². The zero-order chi connectivity index (χ0) is 18.6. The molecule has 7 nitrogen and oxygen atoms in total. The van der Waals surface area contributed by atoms with Crippen LogP contribution in [0.3, 0.4) is 0 Å². The fraction of sp³-hybridized carbons (Fsp3) is 0.529. The molecule has 1 rings (SSSR count). The van der Waals surface area contributed by atoms with Gasteiger partial charge in [-0.25, -0.2) is 9.59 Å². The highest BCUT2D eigenvalue weighted by atomic mass is 16.5. The van der Waals surface area contributed by atoms with Gasteiger partial charge < -0.3 is 25.0 Å². The number of carbonyl (C=O) groups is 2. The van der Waals surface area contributed by atoms with Crippen molar-refractivity contribution in [3.8, 4) is 5.75 Å². The monoisotopic (exact) mass is 341 g/mol. The highest BCUT2D eigenvalue weighted by Crippen LogP contribution is 2.24. The number of aliphatic carboxylic acids is 2. The molecule has 3 N–H and O–H groups in total. The maximum absolute atomic E-state index is 9.10. The number of hydrogen-bond donors (Lipinski definition) is 3. The van der Waals surface area contributed by atoms with E-state index < -0.39 is 11.9 Å². The maximum atomic E-state index is 9.10. The normalized spacial score (nSPS) is 10.5. The Morgan fingerprint density at radius 3 is 1.92 bits per heavy atom. The third kappa shape index (κ3) is 10.6. The summed E-state index contributed by atoms with van der Waals surface area (Å²) in [7, 11) is 1.70. The smallest absolute Gasteiger partial charge is 0.414 e. The van der Waals surface area contributed by atoms with E-state index in [-0.39, 0.29) is 5.41 Å². The molecule has 7 heteroatoms. The number of ether oxygens (including phenoxy) is 2. The lowest BCUT2D eigenvalue weighted by Gasteiger charge is -2.19. The standard InChI is InChI=1S/C15H25NO2.C2H2O4/c1-15(2,3)13-5-7-14(8-6-13)18-12-10-16-9-11-17-4;3-1(4)2(5)6/h5-8,16H,9-12H2,1-4H3;(H,3,4)(H,5,6). The van der Waals surface area contributed by atoms with E-state index in [2.05, 4.69) is 38.2 Å². The lowest BCUT2D eigenvalue weighted by Crippen LogP contribution is -2.24. The molecule has 0 saturated carbocycles. The molecular weight excluding hydrogens is 314 g/mol. The van der Waals surface area contributed by atoms with Crippen LogP contribution in [0.5, 0.6) is 5.75 Å². The molecule has 0 amide bonds. The predicted octanol–water partition coefficient (Wildman–Crippen LogP) is 1.75. The Kier molecular flexibility index (Phi) is 10.4. The summed E-state index contributed by atoms with van der Waals surface area (Å²) in [5.74, 6) is -2.72. The molecule has 0 aliphatic rings. The Balaban J connectivity index is 0.000000754. The second kappa shape index (κ2) is 11.4. The van der Waals surface area contributed by atoms with Crippen molar-refractivity contribution in [2.75, 3.05) is 33.4 Å². The summed E-state index contributed by atoms with van der Waals surface area (Å²) in [4.78, 5) is 18.2. The first-order chi connectivity index (χ1) is 11.2. The minimum Gasteiger partial charge on any atom is -0.492 e. The van der Waals surface area contributed by atoms with Crippen LogP contribution in [0.4, 0.5) is 0 Å². The third-order valence-electron chi connectivity index (χ3n) is 2.93. The molecule has 0 fully saturated rings. The summed E-state index contributed by atoms with van der Waals surface area (Å²) < 4.78 is 10.6. The van der Waals surface area contributed by atoms with E-state index in [1.807, 2.05) is 12.1 Å². The Hall–Kier alpha value is -2.12. The highest BCUT2D eigenvalue weighted by molar-refractivity contribution is 6.27. The van der Waals surface area contributed by atoms with Gasteiger partial charge in [-0.2, -0.15) is 0 Å². The van der Waals surface area contributed by atoms with Crippen molar-refractivity contribution in [2.24, 2.45) is 0 Å². The Labute approximate surface area is 142 Å². The maximum Gasteiger partial charge on any atom is 0.414 e. The van der Waals surface area contributed by atoms with Crippen LogP contribution < -0.4 is 10.1 Å². The summed E-state index contributed by atoms with van der Waals surface area (Å²) in [6.07, 6.45) is 0. The van der Waals surface area contributed by atoms with Crippen LogP contribution >= 0.6 is 0 Å². The van der Waals surface area contributed by atoms with Gasteiger partial charge in [-0.3, -0.25) is 0 Å². The summed E-state index contributed by atoms with van der Waals surface area (Å²) in [6, 6.07) is 8.34. The number of methoxy groups -OCH3 is 1. The van der Waals surface area contributed by atoms with Crippen molar-refractivity contribution < 1.29 is 29.3 Å². The van der Waals surface area contributed by atoms with E-state index in [0.29, 0.717) is 6.61 Å². The zero-order valence-electron chi connectivity index (χ0n) is 14.7. The second-order valence-corrected chi connectivity index (χ2v) is 5.98. The molecule has 0 spiro atoms. The van der Waals surface area contributed by atoms with Gasteiger partial charge in [0.1, 0.15) is 12.4 Å². The molecule has 0 heterocycles. The van der Waals surface area contributed by atoms with Gasteiger partial charge in [-0.1, -0.05) is 32.9 Å². The van der Waals surface area contributed by atoms with Gasteiger partial charge in [0.2, 0.25) is 0 Å². The summed E-state index contributed by atoms with van der Waals surface area (Å²) >= 11 is 0. The fourth-order valence-electron chi connectivity index (χ4n) is 1.59. The first-order valence-corrected chi connectivity index (χ1v) is 7.57. The van der Waals surface area contributed by atoms with Gasteiger partial charge in [-0.05, 0) is 23.1 Å². The number of nitrogens with one attached hydrogen (secondary N) is 1. The third-order valence-corrected chi connectivity index (χ3v) is 2.93. The highest BCUT2D eigenvalue weighted by Gasteiger charge is 2.12. The minimum absolute atomic E-state index is 0.195. The second-order valence-electron chi connectivity index (χ2n) is 5.98. The van der Waals surface area contributed by atoms with Crippen LogP contribution in [-0.4, -0.2) is 55.6 Å². The van der Waals surface area contributed by atoms with E-state index in [1.165, 1.54) is 5.56 Å². The predicted molar refractivity (Wildman–Crippen MR) is 90.7 cm³/mol. The molecule has 0 aromatic heterocycles. The average Bonchev–Trinajstić information content (AvgIpc) is 2.51. The van der Waals surface area contributed by atoms with Crippen molar-refractivity contribution in [1.82, 2.24) is 5.32 Å². The van der Waals surface area contributed by atoms with Crippen LogP contribution in [0.1, 0.15) is 26.3 Å². The van der Waals surface area contributed by atoms with E-state index >= 15 is 0 Å². The van der Waals surface area contributed by atoms with E-state index in [1.54, 1.807) is 7.11 Å². The number of rotatable bonds is 7. The van der Waals surface area contributed by atoms with Gasteiger partial charge in [0.15, 0.2) is 0 Å². The fourth-order valence-corrected chi connectivity index (χ4v) is 1.59. The van der Waals surface area contributed by atoms with Gasteiger partial charge in [0.25, 0.3) is 0 Å². The van der Waals surface area contributed by atoms with Gasteiger partial charge >= 0.3 is 11.9 Å². The van der Waals surface area contributed by atoms with Crippen molar-refractivity contribution in [1.29, 1.82) is 0 Å². The van der Waals surface area contributed by atoms with Crippen molar-refractivity contribution in [2.45, 2.75) is 26.2 Å². The molecule has 0 aliphatic carbocycles. The van der Waals surface area contributed by atoms with Crippen LogP contribution in [-0.2, 0) is 19.7 Å². The van der Waals surface area contributed by atoms with Crippen LogP contribution in [0, 0.1) is 0 Å². The lowest BCUT2D eigenvalue weighted by atomic mass is 9.87. The molecule has 0 unspecified atom stereocenters. The summed E-state index contributed by atoms with van der Waals surface area (Å²) in [5.41, 5.74) is 1.52. The van der Waals surface area contributed by atoms with Crippen molar-refractivity contribution >= 4 is 11.9 Å². The van der Waals surface area contributed by atoms with E-state index in [0.717, 1.165) is 25.4 Å². The van der Waals surface area contributed by atoms with Crippen molar-refractivity contribution in [3.05, 3.63) is 29.8 Å². The Morgan fingerprint density at radius 1 is 1.00 bits per heavy atom. The first-order valence-electron chi connectivity index (χ1n) is 7.57. The van der Waals surface area contributed by atoms with Crippen molar-refractivity contribution in [3.63, 3.8) is 0 Å². The molecular formula is C17H27NO6. The molecule has 0 bridgehead atoms. The quantitative estimate of drug-likeness (QED) is 0.512. The Bertz CT molecular complexity index is 481. The number of carboxylic acid groups (broad SMARTS) is 2. The van der Waals surface area contributed by atoms with E-state index in [9.17, 15) is 0 Å². The summed E-state index contributed by atoms with van der Waals surface area (Å²) in [6.45, 7) is 9.75. The van der Waals surface area contributed by atoms with Gasteiger partial charge in [0, 0.05) is 20.2 Å². The molecule has 0 radical (unpaired) electrons. The SMILES string of the molecule is COCCNCCOc1ccc(C(C)(C)C)cc1.O=C(O)C(=O)O. The van der Waals surface area contributed by atoms with Crippen LogP contribution in [0.15, 0.2) is 24.3 Å². The molecule has 0 atom stereocenters. The molecule has 136 valence electrons. The Morgan fingerprint density at radius 2 is 1.50 bits per heavy atom. The zero-order valence-corrected chi connectivity index (χ0v) is 14.7. The topological polar surface area (TPSA) is 105 Å². The minimum atomic E-state index is -1.82. The molecule has 1 aromatic carbocycles. The lowest BCUT2D eigenvalue weighted by molar-refractivity contribution is -0.159. The molecule has 0 saturated heterocycles. The number of carboxylic acids is 2. The van der Waals surface area contributed by atoms with Crippen LogP contribution in [0.25, 0.3) is 0 Å². The summed E-state index contributed by atoms with van der Waals surface area (Å²) in [5, 5.41) is 18.0. The van der Waals surface area contributed by atoms with E-state index in [4.69, 9.17) is 29.3 Å². The first kappa shape index (κ1) is 21.9. The molecule has 0 aliphatic heterocycles. The average molecular weight is 341 g/mol. The van der Waals surface area contributed by atoms with Gasteiger partial charge in [0.05, 0.1) is 6.61 Å². The largest absolute Gasteiger partial charge is 0.492 e. The number of hydrogen-bond acceptors (Lipinski definition) is 5. The molecule has 1 aromatic rings. The van der Waals surface area contributed by atoms with Crippen LogP contribution in [0.2, 0.25) is 0 Å². The molecule has 24 heavy (non-hydrogen) atoms. The number of benzene rings is 1.